The van der Waals surface area contributed by atoms with Crippen molar-refractivity contribution in [3.8, 4) is 0 Å². The second-order valence-corrected chi connectivity index (χ2v) is 8.81. The quantitative estimate of drug-likeness (QED) is 0.120. The summed E-state index contributed by atoms with van der Waals surface area (Å²) in [5.74, 6) is -0.616. The van der Waals surface area contributed by atoms with Gasteiger partial charge in [-0.15, -0.1) is 0 Å². The first-order chi connectivity index (χ1) is 17.6. The molecule has 13 nitrogen and oxygen atoms in total. The second kappa shape index (κ2) is 14.6. The maximum atomic E-state index is 12.8. The molecule has 0 aromatic heterocycles. The van der Waals surface area contributed by atoms with Crippen molar-refractivity contribution in [1.82, 2.24) is 20.4 Å². The summed E-state index contributed by atoms with van der Waals surface area (Å²) in [6, 6.07) is 5.52. The molecule has 4 amide bonds. The number of carbonyl (C=O) groups is 4. The van der Waals surface area contributed by atoms with Gasteiger partial charge in [0.05, 0.1) is 13.0 Å². The van der Waals surface area contributed by atoms with E-state index in [4.69, 9.17) is 15.3 Å². The van der Waals surface area contributed by atoms with Crippen molar-refractivity contribution in [3.05, 3.63) is 29.8 Å². The number of ether oxygens (including phenoxy) is 1. The van der Waals surface area contributed by atoms with E-state index in [0.29, 0.717) is 43.9 Å². The maximum absolute atomic E-state index is 12.8. The molecule has 1 saturated heterocycles. The van der Waals surface area contributed by atoms with Crippen molar-refractivity contribution >= 4 is 35.5 Å². The van der Waals surface area contributed by atoms with Gasteiger partial charge < -0.3 is 35.8 Å². The van der Waals surface area contributed by atoms with Gasteiger partial charge >= 0.3 is 18.1 Å². The molecule has 0 spiro atoms. The molecule has 1 aliphatic heterocycles. The van der Waals surface area contributed by atoms with Crippen LogP contribution in [0, 0.1) is 0 Å². The molecule has 1 aromatic rings. The van der Waals surface area contributed by atoms with Crippen LogP contribution in [-0.2, 0) is 19.2 Å². The van der Waals surface area contributed by atoms with E-state index in [2.05, 4.69) is 15.8 Å². The number of amidine groups is 1. The lowest BCUT2D eigenvalue weighted by Crippen LogP contribution is -2.46. The number of carbonyl (C=O) groups excluding carboxylic acids is 4. The van der Waals surface area contributed by atoms with E-state index in [1.165, 1.54) is 4.90 Å². The van der Waals surface area contributed by atoms with E-state index in [0.717, 1.165) is 6.42 Å². The Balaban J connectivity index is 1.83. The Morgan fingerprint density at radius 2 is 1.86 bits per heavy atom. The van der Waals surface area contributed by atoms with Crippen LogP contribution >= 0.6 is 0 Å². The highest BCUT2D eigenvalue weighted by molar-refractivity contribution is 6.02. The summed E-state index contributed by atoms with van der Waals surface area (Å²) in [7, 11) is 5.41. The topological polar surface area (TPSA) is 159 Å². The summed E-state index contributed by atoms with van der Waals surface area (Å²) in [4.78, 5) is 58.2. The van der Waals surface area contributed by atoms with Gasteiger partial charge in [-0.2, -0.15) is 0 Å². The highest BCUT2D eigenvalue weighted by Crippen LogP contribution is 2.22. The number of urea groups is 1. The number of anilines is 1. The summed E-state index contributed by atoms with van der Waals surface area (Å²) in [6.45, 7) is 3.94. The first kappa shape index (κ1) is 29.4. The SMILES string of the molecule is CCCOC(=O)CCNC(=O)NC1CCN(c2ccc(C(N)=NOC(=O)N(C)CCN(C)C)cc2)C1=O. The zero-order chi connectivity index (χ0) is 27.4. The highest BCUT2D eigenvalue weighted by atomic mass is 16.7. The van der Waals surface area contributed by atoms with Crippen LogP contribution < -0.4 is 21.3 Å². The summed E-state index contributed by atoms with van der Waals surface area (Å²) >= 11 is 0. The Labute approximate surface area is 216 Å². The number of esters is 1. The maximum Gasteiger partial charge on any atom is 0.435 e. The molecule has 204 valence electrons. The molecule has 1 atom stereocenters. The number of oxime groups is 1. The fraction of sp³-hybridized carbons (Fsp3) is 0.542. The summed E-state index contributed by atoms with van der Waals surface area (Å²) in [6.07, 6.45) is 0.605. The average Bonchev–Trinajstić information content (AvgIpc) is 3.23. The average molecular weight is 520 g/mol. The largest absolute Gasteiger partial charge is 0.466 e. The first-order valence-electron chi connectivity index (χ1n) is 12.1. The zero-order valence-electron chi connectivity index (χ0n) is 21.9. The lowest BCUT2D eigenvalue weighted by molar-refractivity contribution is -0.143. The van der Waals surface area contributed by atoms with Crippen LogP contribution in [0.4, 0.5) is 15.3 Å². The van der Waals surface area contributed by atoms with Crippen LogP contribution in [0.1, 0.15) is 31.7 Å². The zero-order valence-corrected chi connectivity index (χ0v) is 21.9. The Kier molecular flexibility index (Phi) is 11.6. The smallest absolute Gasteiger partial charge is 0.435 e. The number of nitrogens with one attached hydrogen (secondary N) is 2. The van der Waals surface area contributed by atoms with Gasteiger partial charge in [0.2, 0.25) is 5.91 Å². The molecule has 1 heterocycles. The van der Waals surface area contributed by atoms with Crippen LogP contribution in [0.15, 0.2) is 29.4 Å². The predicted molar refractivity (Wildman–Crippen MR) is 138 cm³/mol. The number of hydrogen-bond donors (Lipinski definition) is 3. The van der Waals surface area contributed by atoms with E-state index >= 15 is 0 Å². The minimum atomic E-state index is -0.678. The minimum Gasteiger partial charge on any atom is -0.466 e. The summed E-state index contributed by atoms with van der Waals surface area (Å²) in [5, 5.41) is 8.90. The number of benzene rings is 1. The van der Waals surface area contributed by atoms with Gasteiger partial charge in [-0.1, -0.05) is 12.1 Å². The molecule has 1 fully saturated rings. The van der Waals surface area contributed by atoms with Gasteiger partial charge in [0.25, 0.3) is 0 Å². The number of hydrogen-bond acceptors (Lipinski definition) is 8. The molecule has 0 radical (unpaired) electrons. The fourth-order valence-corrected chi connectivity index (χ4v) is 3.31. The molecular weight excluding hydrogens is 482 g/mol. The van der Waals surface area contributed by atoms with Crippen LogP contribution in [0.25, 0.3) is 0 Å². The molecule has 4 N–H and O–H groups in total. The molecule has 13 heteroatoms. The fourth-order valence-electron chi connectivity index (χ4n) is 3.31. The third-order valence-electron chi connectivity index (χ3n) is 5.48. The van der Waals surface area contributed by atoms with Gasteiger partial charge in [-0.25, -0.2) is 9.59 Å². The number of rotatable bonds is 12. The monoisotopic (exact) mass is 519 g/mol. The van der Waals surface area contributed by atoms with Crippen molar-refractivity contribution in [1.29, 1.82) is 0 Å². The van der Waals surface area contributed by atoms with Crippen molar-refractivity contribution < 1.29 is 28.8 Å². The van der Waals surface area contributed by atoms with E-state index in [1.54, 1.807) is 36.2 Å². The number of nitrogens with two attached hydrogens (primary N) is 1. The number of likely N-dealkylation sites (N-methyl/N-ethyl adjacent to an activating group) is 2. The summed E-state index contributed by atoms with van der Waals surface area (Å²) in [5.41, 5.74) is 7.09. The standard InChI is InChI=1S/C24H37N7O6/c1-5-16-36-20(32)10-12-26-23(34)27-19-11-13-31(22(19)33)18-8-6-17(7-9-18)21(25)28-37-24(35)30(4)15-14-29(2)3/h6-9,19H,5,10-16H2,1-4H3,(H2,25,28)(H2,26,27,34). The second-order valence-electron chi connectivity index (χ2n) is 8.81. The van der Waals surface area contributed by atoms with Crippen molar-refractivity contribution in [2.24, 2.45) is 10.9 Å². The number of amides is 4. The van der Waals surface area contributed by atoms with Crippen LogP contribution in [-0.4, -0.2) is 99.6 Å². The number of nitrogens with zero attached hydrogens (tertiary/aromatic N) is 4. The third-order valence-corrected chi connectivity index (χ3v) is 5.48. The molecule has 0 aliphatic carbocycles. The first-order valence-corrected chi connectivity index (χ1v) is 12.1. The highest BCUT2D eigenvalue weighted by Gasteiger charge is 2.33. The predicted octanol–water partition coefficient (Wildman–Crippen LogP) is 0.685. The molecule has 37 heavy (non-hydrogen) atoms. The molecule has 0 saturated carbocycles. The van der Waals surface area contributed by atoms with Crippen molar-refractivity contribution in [2.75, 3.05) is 58.8 Å². The van der Waals surface area contributed by atoms with Gasteiger partial charge in [0.1, 0.15) is 6.04 Å². The van der Waals surface area contributed by atoms with Gasteiger partial charge in [0.15, 0.2) is 5.84 Å². The molecule has 1 aliphatic rings. The van der Waals surface area contributed by atoms with E-state index in [9.17, 15) is 19.2 Å². The third kappa shape index (κ3) is 9.60. The van der Waals surface area contributed by atoms with Crippen LogP contribution in [0.3, 0.4) is 0 Å². The Hall–Kier alpha value is -3.87. The van der Waals surface area contributed by atoms with E-state index < -0.39 is 18.2 Å². The lowest BCUT2D eigenvalue weighted by Gasteiger charge is -2.18. The summed E-state index contributed by atoms with van der Waals surface area (Å²) < 4.78 is 4.95. The molecular formula is C24H37N7O6. The lowest BCUT2D eigenvalue weighted by atomic mass is 10.2. The Morgan fingerprint density at radius 1 is 1.16 bits per heavy atom. The molecule has 2 rings (SSSR count). The molecule has 1 aromatic carbocycles. The van der Waals surface area contributed by atoms with Crippen LogP contribution in [0.2, 0.25) is 0 Å². The normalized spacial score (nSPS) is 15.5. The Morgan fingerprint density at radius 3 is 2.51 bits per heavy atom. The van der Waals surface area contributed by atoms with E-state index in [-0.39, 0.29) is 30.7 Å². The Bertz CT molecular complexity index is 967. The minimum absolute atomic E-state index is 0.0171. The van der Waals surface area contributed by atoms with Crippen molar-refractivity contribution in [2.45, 2.75) is 32.2 Å². The molecule has 0 bridgehead atoms. The van der Waals surface area contributed by atoms with Gasteiger partial charge in [-0.05, 0) is 51.2 Å². The van der Waals surface area contributed by atoms with Crippen molar-refractivity contribution in [3.63, 3.8) is 0 Å². The van der Waals surface area contributed by atoms with Crippen LogP contribution in [0.5, 0.6) is 0 Å². The molecule has 1 unspecified atom stereocenters. The van der Waals surface area contributed by atoms with E-state index in [1.807, 2.05) is 25.9 Å². The van der Waals surface area contributed by atoms with Gasteiger partial charge in [-0.3, -0.25) is 14.4 Å². The van der Waals surface area contributed by atoms with Gasteiger partial charge in [0, 0.05) is 44.5 Å².